The Balaban J connectivity index is 2.42. The number of benzene rings is 1. The third kappa shape index (κ3) is 5.32. The van der Waals surface area contributed by atoms with Gasteiger partial charge in [-0.1, -0.05) is 6.92 Å². The molecule has 1 atom stereocenters. The number of amidine groups is 1. The predicted octanol–water partition coefficient (Wildman–Crippen LogP) is 5.72. The van der Waals surface area contributed by atoms with Crippen LogP contribution in [-0.2, 0) is 4.79 Å². The fraction of sp³-hybridized carbons (Fsp3) is 0.524. The van der Waals surface area contributed by atoms with E-state index < -0.39 is 0 Å². The average Bonchev–Trinajstić information content (AvgIpc) is 2.91. The summed E-state index contributed by atoms with van der Waals surface area (Å²) in [5.74, 6) is 1.29. The van der Waals surface area contributed by atoms with Gasteiger partial charge in [0, 0.05) is 12.1 Å². The van der Waals surface area contributed by atoms with E-state index >= 15 is 0 Å². The number of ether oxygens (including phenoxy) is 2. The highest BCUT2D eigenvalue weighted by Crippen LogP contribution is 2.40. The van der Waals surface area contributed by atoms with Crippen molar-refractivity contribution in [3.63, 3.8) is 0 Å². The fourth-order valence-corrected chi connectivity index (χ4v) is 4.41. The highest BCUT2D eigenvalue weighted by Gasteiger charge is 2.35. The van der Waals surface area contributed by atoms with E-state index in [1.54, 1.807) is 12.0 Å². The van der Waals surface area contributed by atoms with Gasteiger partial charge in [0.15, 0.2) is 16.7 Å². The molecule has 0 aliphatic carbocycles. The zero-order chi connectivity index (χ0) is 21.0. The number of amides is 1. The predicted molar refractivity (Wildman–Crippen MR) is 121 cm³/mol. The summed E-state index contributed by atoms with van der Waals surface area (Å²) in [6.45, 7) is 12.1. The van der Waals surface area contributed by atoms with Crippen LogP contribution >= 0.6 is 27.7 Å². The minimum Gasteiger partial charge on any atom is -0.493 e. The maximum absolute atomic E-state index is 12.9. The zero-order valence-electron chi connectivity index (χ0n) is 17.6. The third-order valence-corrected chi connectivity index (χ3v) is 5.75. The molecule has 154 valence electrons. The Morgan fingerprint density at radius 2 is 1.93 bits per heavy atom. The van der Waals surface area contributed by atoms with Crippen LogP contribution in [0.5, 0.6) is 11.5 Å². The van der Waals surface area contributed by atoms with E-state index in [0.717, 1.165) is 21.6 Å². The van der Waals surface area contributed by atoms with Crippen molar-refractivity contribution < 1.29 is 14.3 Å². The van der Waals surface area contributed by atoms with E-state index in [0.29, 0.717) is 16.4 Å². The van der Waals surface area contributed by atoms with Crippen LogP contribution in [0.2, 0.25) is 0 Å². The molecule has 1 heterocycles. The Kier molecular flexibility index (Phi) is 8.01. The molecule has 1 amide bonds. The molecule has 5 nitrogen and oxygen atoms in total. The van der Waals surface area contributed by atoms with Gasteiger partial charge in [-0.15, -0.1) is 0 Å². The van der Waals surface area contributed by atoms with Crippen LogP contribution in [-0.4, -0.2) is 41.3 Å². The summed E-state index contributed by atoms with van der Waals surface area (Å²) in [6.07, 6.45) is 2.86. The van der Waals surface area contributed by atoms with Gasteiger partial charge in [-0.05, 0) is 92.5 Å². The second kappa shape index (κ2) is 9.83. The standard InChI is InChI=1S/C21H29BrN2O3S/c1-8-14(6)27-19-16(22)9-15(10-17(19)26-7)11-18-20(25)24(13(4)5)21(28-18)23-12(2)3/h9-14H,8H2,1-7H3/b18-11+,23-21?/t14-/m1/s1. The largest absolute Gasteiger partial charge is 0.493 e. The van der Waals surface area contributed by atoms with Crippen molar-refractivity contribution in [2.45, 2.75) is 66.2 Å². The SMILES string of the molecule is CC[C@@H](C)Oc1c(Br)cc(/C=C2/SC(=NC(C)C)N(C(C)C)C2=O)cc1OC. The van der Waals surface area contributed by atoms with Crippen LogP contribution in [0.4, 0.5) is 0 Å². The van der Waals surface area contributed by atoms with Gasteiger partial charge < -0.3 is 9.47 Å². The average molecular weight is 469 g/mol. The Morgan fingerprint density at radius 1 is 1.25 bits per heavy atom. The number of methoxy groups -OCH3 is 1. The Morgan fingerprint density at radius 3 is 2.46 bits per heavy atom. The first kappa shape index (κ1) is 22.8. The van der Waals surface area contributed by atoms with Gasteiger partial charge in [-0.3, -0.25) is 14.7 Å². The molecule has 0 aromatic heterocycles. The van der Waals surface area contributed by atoms with Crippen LogP contribution in [0.15, 0.2) is 26.5 Å². The Hall–Kier alpha value is -1.47. The van der Waals surface area contributed by atoms with Crippen LogP contribution in [0, 0.1) is 0 Å². The smallest absolute Gasteiger partial charge is 0.266 e. The molecule has 1 aliphatic heterocycles. The lowest BCUT2D eigenvalue weighted by molar-refractivity contribution is -0.123. The first-order valence-corrected chi connectivity index (χ1v) is 11.1. The van der Waals surface area contributed by atoms with Gasteiger partial charge in [-0.25, -0.2) is 0 Å². The van der Waals surface area contributed by atoms with Gasteiger partial charge in [0.25, 0.3) is 5.91 Å². The molecule has 1 aromatic rings. The van der Waals surface area contributed by atoms with E-state index in [1.165, 1.54) is 11.8 Å². The molecule has 0 radical (unpaired) electrons. The summed E-state index contributed by atoms with van der Waals surface area (Å²) in [5, 5.41) is 0.754. The summed E-state index contributed by atoms with van der Waals surface area (Å²) in [6, 6.07) is 4.01. The number of aliphatic imine (C=N–C) groups is 1. The molecule has 1 aliphatic rings. The van der Waals surface area contributed by atoms with Crippen molar-refractivity contribution >= 4 is 44.8 Å². The number of nitrogens with zero attached hydrogens (tertiary/aromatic N) is 2. The molecule has 28 heavy (non-hydrogen) atoms. The summed E-state index contributed by atoms with van der Waals surface area (Å²) >= 11 is 5.00. The summed E-state index contributed by atoms with van der Waals surface area (Å²) < 4.78 is 12.3. The molecular weight excluding hydrogens is 440 g/mol. The van der Waals surface area contributed by atoms with Crippen LogP contribution in [0.1, 0.15) is 53.5 Å². The topological polar surface area (TPSA) is 51.1 Å². The first-order valence-electron chi connectivity index (χ1n) is 9.52. The molecular formula is C21H29BrN2O3S. The number of carbonyl (C=O) groups excluding carboxylic acids is 1. The van der Waals surface area contributed by atoms with Crippen LogP contribution in [0.25, 0.3) is 6.08 Å². The number of hydrogen-bond acceptors (Lipinski definition) is 5. The second-order valence-electron chi connectivity index (χ2n) is 7.26. The van der Waals surface area contributed by atoms with Gasteiger partial charge in [0.05, 0.1) is 22.6 Å². The third-order valence-electron chi connectivity index (χ3n) is 4.17. The molecule has 0 saturated carbocycles. The lowest BCUT2D eigenvalue weighted by Gasteiger charge is -2.20. The molecule has 0 unspecified atom stereocenters. The first-order chi connectivity index (χ1) is 13.2. The molecule has 7 heteroatoms. The number of carbonyl (C=O) groups is 1. The van der Waals surface area contributed by atoms with Gasteiger partial charge in [0.2, 0.25) is 0 Å². The molecule has 1 saturated heterocycles. The summed E-state index contributed by atoms with van der Waals surface area (Å²) in [5.41, 5.74) is 0.866. The molecule has 1 aromatic carbocycles. The summed E-state index contributed by atoms with van der Waals surface area (Å²) in [7, 11) is 1.62. The Bertz CT molecular complexity index is 790. The fourth-order valence-electron chi connectivity index (χ4n) is 2.63. The van der Waals surface area contributed by atoms with Crippen LogP contribution < -0.4 is 9.47 Å². The van der Waals surface area contributed by atoms with E-state index in [2.05, 4.69) is 27.8 Å². The van der Waals surface area contributed by atoms with E-state index in [1.807, 2.05) is 52.8 Å². The van der Waals surface area contributed by atoms with Crippen molar-refractivity contribution in [2.75, 3.05) is 7.11 Å². The van der Waals surface area contributed by atoms with Crippen molar-refractivity contribution in [3.05, 3.63) is 27.1 Å². The second-order valence-corrected chi connectivity index (χ2v) is 9.12. The lowest BCUT2D eigenvalue weighted by atomic mass is 10.1. The highest BCUT2D eigenvalue weighted by atomic mass is 79.9. The number of rotatable bonds is 7. The van der Waals surface area contributed by atoms with Crippen molar-refractivity contribution in [3.8, 4) is 11.5 Å². The zero-order valence-corrected chi connectivity index (χ0v) is 20.0. The number of hydrogen-bond donors (Lipinski definition) is 0. The monoisotopic (exact) mass is 468 g/mol. The molecule has 0 N–H and O–H groups in total. The van der Waals surface area contributed by atoms with Crippen molar-refractivity contribution in [1.82, 2.24) is 4.90 Å². The Labute approximate surface area is 180 Å². The number of thioether (sulfide) groups is 1. The maximum Gasteiger partial charge on any atom is 0.266 e. The van der Waals surface area contributed by atoms with E-state index in [-0.39, 0.29) is 24.1 Å². The summed E-state index contributed by atoms with van der Waals surface area (Å²) in [4.78, 5) is 19.9. The number of halogens is 1. The molecule has 1 fully saturated rings. The van der Waals surface area contributed by atoms with Crippen molar-refractivity contribution in [2.24, 2.45) is 4.99 Å². The molecule has 0 spiro atoms. The van der Waals surface area contributed by atoms with E-state index in [9.17, 15) is 4.79 Å². The quantitative estimate of drug-likeness (QED) is 0.479. The lowest BCUT2D eigenvalue weighted by Crippen LogP contribution is -2.35. The van der Waals surface area contributed by atoms with E-state index in [4.69, 9.17) is 9.47 Å². The minimum atomic E-state index is -0.0191. The van der Waals surface area contributed by atoms with Gasteiger partial charge >= 0.3 is 0 Å². The molecule has 0 bridgehead atoms. The van der Waals surface area contributed by atoms with Gasteiger partial charge in [0.1, 0.15) is 0 Å². The minimum absolute atomic E-state index is 0.0191. The van der Waals surface area contributed by atoms with Crippen LogP contribution in [0.3, 0.4) is 0 Å². The highest BCUT2D eigenvalue weighted by molar-refractivity contribution is 9.10. The maximum atomic E-state index is 12.9. The van der Waals surface area contributed by atoms with Gasteiger partial charge in [-0.2, -0.15) is 0 Å². The van der Waals surface area contributed by atoms with Crippen molar-refractivity contribution in [1.29, 1.82) is 0 Å². The normalized spacial score (nSPS) is 18.6. The molecule has 2 rings (SSSR count).